The van der Waals surface area contributed by atoms with Crippen LogP contribution in [-0.4, -0.2) is 37.6 Å². The first-order chi connectivity index (χ1) is 16.3. The maximum atomic E-state index is 12.9. The lowest BCUT2D eigenvalue weighted by atomic mass is 10.1. The van der Waals surface area contributed by atoms with Crippen LogP contribution in [0.3, 0.4) is 0 Å². The number of rotatable bonds is 5. The van der Waals surface area contributed by atoms with Gasteiger partial charge in [-0.1, -0.05) is 18.2 Å². The molecule has 172 valence electrons. The molecule has 10 heteroatoms. The van der Waals surface area contributed by atoms with Crippen LogP contribution in [0.4, 0.5) is 13.2 Å². The fraction of sp³-hybridized carbons (Fsp3) is 0.125. The Morgan fingerprint density at radius 1 is 0.941 bits per heavy atom. The van der Waals surface area contributed by atoms with Gasteiger partial charge in [-0.2, -0.15) is 0 Å². The largest absolute Gasteiger partial charge is 0.573 e. The molecule has 0 saturated carbocycles. The van der Waals surface area contributed by atoms with Gasteiger partial charge in [-0.05, 0) is 43.3 Å². The summed E-state index contributed by atoms with van der Waals surface area (Å²) in [7, 11) is 1.57. The SMILES string of the molecule is COc1cc(-c2nc3c(-c4ccccc4OC(F)(F)F)cccn3n2)ccc1-n1cnc(C)c1. The number of para-hydroxylation sites is 1. The molecule has 0 radical (unpaired) electrons. The van der Waals surface area contributed by atoms with Crippen LogP contribution in [0.15, 0.2) is 73.3 Å². The molecule has 0 saturated heterocycles. The van der Waals surface area contributed by atoms with E-state index in [4.69, 9.17) is 4.74 Å². The van der Waals surface area contributed by atoms with Crippen LogP contribution in [0, 0.1) is 6.92 Å². The molecule has 0 aliphatic carbocycles. The quantitative estimate of drug-likeness (QED) is 0.345. The molecule has 0 aliphatic rings. The standard InChI is InChI=1S/C24H18F3N5O2/c1-15-13-31(14-28-15)19-10-9-16(12-21(19)33-2)22-29-23-18(7-5-11-32(23)30-22)17-6-3-4-8-20(17)34-24(25,26)27/h3-14H,1-2H3. The average Bonchev–Trinajstić information content (AvgIpc) is 3.44. The van der Waals surface area contributed by atoms with E-state index in [1.165, 1.54) is 16.6 Å². The van der Waals surface area contributed by atoms with Gasteiger partial charge in [0.1, 0.15) is 11.5 Å². The third kappa shape index (κ3) is 4.05. The molecule has 0 amide bonds. The summed E-state index contributed by atoms with van der Waals surface area (Å²) in [5.41, 5.74) is 3.47. The minimum atomic E-state index is -4.81. The van der Waals surface area contributed by atoms with Crippen LogP contribution in [-0.2, 0) is 0 Å². The van der Waals surface area contributed by atoms with Crippen molar-refractivity contribution in [2.75, 3.05) is 7.11 Å². The zero-order valence-corrected chi connectivity index (χ0v) is 18.1. The summed E-state index contributed by atoms with van der Waals surface area (Å²) >= 11 is 0. The predicted molar refractivity (Wildman–Crippen MR) is 119 cm³/mol. The first-order valence-electron chi connectivity index (χ1n) is 10.2. The van der Waals surface area contributed by atoms with Crippen LogP contribution in [0.2, 0.25) is 0 Å². The first-order valence-corrected chi connectivity index (χ1v) is 10.2. The number of aryl methyl sites for hydroxylation is 1. The molecule has 7 nitrogen and oxygen atoms in total. The van der Waals surface area contributed by atoms with E-state index >= 15 is 0 Å². The number of ether oxygens (including phenoxy) is 2. The van der Waals surface area contributed by atoms with Gasteiger partial charge in [-0.15, -0.1) is 18.3 Å². The summed E-state index contributed by atoms with van der Waals surface area (Å²) < 4.78 is 52.0. The van der Waals surface area contributed by atoms with Crippen LogP contribution in [0.25, 0.3) is 33.8 Å². The Morgan fingerprint density at radius 3 is 2.47 bits per heavy atom. The lowest BCUT2D eigenvalue weighted by Crippen LogP contribution is -2.17. The summed E-state index contributed by atoms with van der Waals surface area (Å²) in [4.78, 5) is 8.86. The van der Waals surface area contributed by atoms with Gasteiger partial charge in [0.2, 0.25) is 0 Å². The molecule has 0 atom stereocenters. The highest BCUT2D eigenvalue weighted by molar-refractivity contribution is 5.82. The lowest BCUT2D eigenvalue weighted by molar-refractivity contribution is -0.274. The number of pyridine rings is 1. The van der Waals surface area contributed by atoms with Crippen LogP contribution >= 0.6 is 0 Å². The molecular formula is C24H18F3N5O2. The Kier molecular flexibility index (Phi) is 5.20. The van der Waals surface area contributed by atoms with E-state index in [0.717, 1.165) is 11.4 Å². The molecule has 34 heavy (non-hydrogen) atoms. The number of hydrogen-bond acceptors (Lipinski definition) is 5. The highest BCUT2D eigenvalue weighted by atomic mass is 19.4. The van der Waals surface area contributed by atoms with Crippen LogP contribution in [0.5, 0.6) is 11.5 Å². The zero-order chi connectivity index (χ0) is 23.9. The van der Waals surface area contributed by atoms with Crippen molar-refractivity contribution in [2.45, 2.75) is 13.3 Å². The van der Waals surface area contributed by atoms with Gasteiger partial charge < -0.3 is 14.0 Å². The topological polar surface area (TPSA) is 66.5 Å². The van der Waals surface area contributed by atoms with Crippen molar-refractivity contribution in [3.8, 4) is 39.7 Å². The van der Waals surface area contributed by atoms with Crippen molar-refractivity contribution < 1.29 is 22.6 Å². The molecule has 0 bridgehead atoms. The Balaban J connectivity index is 1.59. The maximum absolute atomic E-state index is 12.9. The van der Waals surface area contributed by atoms with Crippen LogP contribution in [0.1, 0.15) is 5.69 Å². The van der Waals surface area contributed by atoms with Crippen molar-refractivity contribution >= 4 is 5.65 Å². The summed E-state index contributed by atoms with van der Waals surface area (Å²) in [6.45, 7) is 1.90. The van der Waals surface area contributed by atoms with E-state index in [-0.39, 0.29) is 11.3 Å². The van der Waals surface area contributed by atoms with Gasteiger partial charge >= 0.3 is 6.36 Å². The highest BCUT2D eigenvalue weighted by Gasteiger charge is 2.32. The fourth-order valence-corrected chi connectivity index (χ4v) is 3.72. The number of hydrogen-bond donors (Lipinski definition) is 0. The van der Waals surface area contributed by atoms with E-state index in [1.807, 2.05) is 29.8 Å². The second kappa shape index (κ2) is 8.22. The molecule has 5 rings (SSSR count). The second-order valence-electron chi connectivity index (χ2n) is 7.48. The van der Waals surface area contributed by atoms with Crippen molar-refractivity contribution in [1.29, 1.82) is 0 Å². The van der Waals surface area contributed by atoms with Crippen molar-refractivity contribution in [2.24, 2.45) is 0 Å². The fourth-order valence-electron chi connectivity index (χ4n) is 3.72. The number of imidazole rings is 1. The molecule has 0 aliphatic heterocycles. The predicted octanol–water partition coefficient (Wildman–Crippen LogP) is 5.46. The Hall–Kier alpha value is -4.34. The van der Waals surface area contributed by atoms with Crippen LogP contribution < -0.4 is 9.47 Å². The number of aromatic nitrogens is 5. The minimum absolute atomic E-state index is 0.257. The number of fused-ring (bicyclic) bond motifs is 1. The summed E-state index contributed by atoms with van der Waals surface area (Å²) in [5, 5.41) is 4.52. The number of benzene rings is 2. The van der Waals surface area contributed by atoms with Crippen molar-refractivity contribution in [1.82, 2.24) is 24.1 Å². The van der Waals surface area contributed by atoms with Gasteiger partial charge in [0.15, 0.2) is 11.5 Å². The number of nitrogens with zero attached hydrogens (tertiary/aromatic N) is 5. The van der Waals surface area contributed by atoms with Crippen molar-refractivity contribution in [3.05, 3.63) is 79.0 Å². The maximum Gasteiger partial charge on any atom is 0.573 e. The lowest BCUT2D eigenvalue weighted by Gasteiger charge is -2.13. The molecule has 2 aromatic carbocycles. The van der Waals surface area contributed by atoms with Gasteiger partial charge in [0.05, 0.1) is 24.8 Å². The number of alkyl halides is 3. The molecule has 0 fully saturated rings. The Bertz CT molecular complexity index is 1490. The second-order valence-corrected chi connectivity index (χ2v) is 7.48. The molecule has 3 heterocycles. The van der Waals surface area contributed by atoms with E-state index in [0.29, 0.717) is 28.3 Å². The minimum Gasteiger partial charge on any atom is -0.495 e. The molecule has 0 N–H and O–H groups in total. The van der Waals surface area contributed by atoms with E-state index in [2.05, 4.69) is 19.8 Å². The van der Waals surface area contributed by atoms with Gasteiger partial charge in [-0.25, -0.2) is 14.5 Å². The highest BCUT2D eigenvalue weighted by Crippen LogP contribution is 2.36. The number of methoxy groups -OCH3 is 1. The van der Waals surface area contributed by atoms with E-state index < -0.39 is 6.36 Å². The third-order valence-corrected chi connectivity index (χ3v) is 5.19. The van der Waals surface area contributed by atoms with Gasteiger partial charge in [-0.3, -0.25) is 0 Å². The molecular weight excluding hydrogens is 447 g/mol. The summed E-state index contributed by atoms with van der Waals surface area (Å²) in [6, 6.07) is 14.8. The Labute approximate surface area is 192 Å². The van der Waals surface area contributed by atoms with Gasteiger partial charge in [0, 0.05) is 29.1 Å². The third-order valence-electron chi connectivity index (χ3n) is 5.19. The average molecular weight is 465 g/mol. The first kappa shape index (κ1) is 21.5. The molecule has 0 spiro atoms. The number of halogens is 3. The normalized spacial score (nSPS) is 11.7. The smallest absolute Gasteiger partial charge is 0.495 e. The molecule has 0 unspecified atom stereocenters. The monoisotopic (exact) mass is 465 g/mol. The molecule has 3 aromatic heterocycles. The van der Waals surface area contributed by atoms with E-state index in [1.54, 1.807) is 50.0 Å². The zero-order valence-electron chi connectivity index (χ0n) is 18.1. The Morgan fingerprint density at radius 2 is 1.74 bits per heavy atom. The van der Waals surface area contributed by atoms with Crippen molar-refractivity contribution in [3.63, 3.8) is 0 Å². The summed E-state index contributed by atoms with van der Waals surface area (Å²) in [5.74, 6) is 0.681. The summed E-state index contributed by atoms with van der Waals surface area (Å²) in [6.07, 6.45) is 0.449. The van der Waals surface area contributed by atoms with Gasteiger partial charge in [0.25, 0.3) is 0 Å². The molecule has 5 aromatic rings. The van der Waals surface area contributed by atoms with E-state index in [9.17, 15) is 13.2 Å².